The third-order valence-electron chi connectivity index (χ3n) is 3.06. The summed E-state index contributed by atoms with van der Waals surface area (Å²) in [6.45, 7) is 3.93. The van der Waals surface area contributed by atoms with Crippen molar-refractivity contribution < 1.29 is 8.42 Å². The van der Waals surface area contributed by atoms with Crippen LogP contribution < -0.4 is 5.73 Å². The fourth-order valence-electron chi connectivity index (χ4n) is 1.97. The highest BCUT2D eigenvalue weighted by Crippen LogP contribution is 2.11. The zero-order valence-electron chi connectivity index (χ0n) is 11.2. The minimum atomic E-state index is -2.91. The molecule has 1 atom stereocenters. The van der Waals surface area contributed by atoms with Gasteiger partial charge in [0.2, 0.25) is 0 Å². The number of sulfone groups is 1. The van der Waals surface area contributed by atoms with Crippen molar-refractivity contribution in [3.05, 3.63) is 35.4 Å². The monoisotopic (exact) mass is 269 g/mol. The van der Waals surface area contributed by atoms with Crippen LogP contribution in [0, 0.1) is 6.92 Å². The Morgan fingerprint density at radius 2 is 1.89 bits per heavy atom. The summed E-state index contributed by atoms with van der Waals surface area (Å²) < 4.78 is 23.2. The number of hydrogen-bond donors (Lipinski definition) is 1. The van der Waals surface area contributed by atoms with Crippen molar-refractivity contribution >= 4 is 9.84 Å². The van der Waals surface area contributed by atoms with Crippen molar-refractivity contribution in [1.29, 1.82) is 0 Å². The molecule has 4 heteroatoms. The average molecular weight is 269 g/mol. The maximum Gasteiger partial charge on any atom is 0.150 e. The third-order valence-corrected chi connectivity index (χ3v) is 4.95. The van der Waals surface area contributed by atoms with Gasteiger partial charge < -0.3 is 5.73 Å². The number of hydrogen-bond acceptors (Lipinski definition) is 3. The Balaban J connectivity index is 2.48. The second-order valence-corrected chi connectivity index (χ2v) is 7.13. The summed E-state index contributed by atoms with van der Waals surface area (Å²) in [7, 11) is -2.91. The molecular formula is C14H23NO2S. The molecule has 1 unspecified atom stereocenters. The lowest BCUT2D eigenvalue weighted by atomic mass is 10.0. The van der Waals surface area contributed by atoms with Gasteiger partial charge in [0, 0.05) is 11.8 Å². The van der Waals surface area contributed by atoms with Crippen LogP contribution in [-0.4, -0.2) is 26.0 Å². The van der Waals surface area contributed by atoms with Gasteiger partial charge in [0.25, 0.3) is 0 Å². The molecule has 0 aliphatic rings. The predicted octanol–water partition coefficient (Wildman–Crippen LogP) is 2.08. The summed E-state index contributed by atoms with van der Waals surface area (Å²) in [5.41, 5.74) is 8.43. The summed E-state index contributed by atoms with van der Waals surface area (Å²) in [5, 5.41) is 0. The SMILES string of the molecule is CCCS(=O)(=O)CCC(N)Cc1ccccc1C. The van der Waals surface area contributed by atoms with E-state index >= 15 is 0 Å². The van der Waals surface area contributed by atoms with Gasteiger partial charge in [-0.1, -0.05) is 31.2 Å². The Hall–Kier alpha value is -0.870. The van der Waals surface area contributed by atoms with E-state index in [2.05, 4.69) is 19.1 Å². The van der Waals surface area contributed by atoms with Gasteiger partial charge >= 0.3 is 0 Å². The number of aryl methyl sites for hydroxylation is 1. The van der Waals surface area contributed by atoms with E-state index in [0.29, 0.717) is 12.8 Å². The standard InChI is InChI=1S/C14H23NO2S/c1-3-9-18(16,17)10-8-14(15)11-13-7-5-4-6-12(13)2/h4-7,14H,3,8-11,15H2,1-2H3. The average Bonchev–Trinajstić information content (AvgIpc) is 2.30. The van der Waals surface area contributed by atoms with Crippen molar-refractivity contribution in [2.75, 3.05) is 11.5 Å². The van der Waals surface area contributed by atoms with Crippen LogP contribution in [0.25, 0.3) is 0 Å². The maximum atomic E-state index is 11.6. The molecule has 1 rings (SSSR count). The Bertz CT molecular complexity index is 468. The van der Waals surface area contributed by atoms with E-state index < -0.39 is 9.84 Å². The van der Waals surface area contributed by atoms with Crippen molar-refractivity contribution in [2.24, 2.45) is 5.73 Å². The zero-order chi connectivity index (χ0) is 13.6. The molecule has 0 saturated carbocycles. The van der Waals surface area contributed by atoms with Gasteiger partial charge in [0.05, 0.1) is 5.75 Å². The molecule has 0 saturated heterocycles. The van der Waals surface area contributed by atoms with Crippen LogP contribution in [-0.2, 0) is 16.3 Å². The van der Waals surface area contributed by atoms with Crippen LogP contribution in [0.4, 0.5) is 0 Å². The Morgan fingerprint density at radius 1 is 1.22 bits per heavy atom. The molecule has 2 N–H and O–H groups in total. The first-order chi connectivity index (χ1) is 8.44. The van der Waals surface area contributed by atoms with E-state index in [1.165, 1.54) is 11.1 Å². The van der Waals surface area contributed by atoms with Crippen LogP contribution >= 0.6 is 0 Å². The molecular weight excluding hydrogens is 246 g/mol. The van der Waals surface area contributed by atoms with Crippen LogP contribution in [0.5, 0.6) is 0 Å². The predicted molar refractivity (Wildman–Crippen MR) is 76.4 cm³/mol. The highest BCUT2D eigenvalue weighted by Gasteiger charge is 2.13. The molecule has 1 aromatic carbocycles. The van der Waals surface area contributed by atoms with Crippen LogP contribution in [0.1, 0.15) is 30.9 Å². The van der Waals surface area contributed by atoms with E-state index in [-0.39, 0.29) is 17.5 Å². The molecule has 0 aliphatic carbocycles. The van der Waals surface area contributed by atoms with E-state index in [4.69, 9.17) is 5.73 Å². The van der Waals surface area contributed by atoms with Crippen molar-refractivity contribution in [3.8, 4) is 0 Å². The molecule has 3 nitrogen and oxygen atoms in total. The summed E-state index contributed by atoms with van der Waals surface area (Å²) >= 11 is 0. The van der Waals surface area contributed by atoms with E-state index in [9.17, 15) is 8.42 Å². The first-order valence-corrected chi connectivity index (χ1v) is 8.27. The fraction of sp³-hybridized carbons (Fsp3) is 0.571. The molecule has 0 aromatic heterocycles. The number of rotatable bonds is 7. The van der Waals surface area contributed by atoms with E-state index in [1.54, 1.807) is 0 Å². The molecule has 0 bridgehead atoms. The minimum Gasteiger partial charge on any atom is -0.327 e. The van der Waals surface area contributed by atoms with Crippen molar-refractivity contribution in [2.45, 2.75) is 39.2 Å². The largest absolute Gasteiger partial charge is 0.327 e. The Labute approximate surface area is 110 Å². The lowest BCUT2D eigenvalue weighted by Crippen LogP contribution is -2.27. The summed E-state index contributed by atoms with van der Waals surface area (Å²) in [5.74, 6) is 0.470. The topological polar surface area (TPSA) is 60.2 Å². The first-order valence-electron chi connectivity index (χ1n) is 6.45. The van der Waals surface area contributed by atoms with Gasteiger partial charge in [-0.2, -0.15) is 0 Å². The molecule has 1 aromatic rings. The van der Waals surface area contributed by atoms with E-state index in [0.717, 1.165) is 6.42 Å². The molecule has 0 fully saturated rings. The quantitative estimate of drug-likeness (QED) is 0.824. The van der Waals surface area contributed by atoms with E-state index in [1.807, 2.05) is 19.1 Å². The molecule has 0 aliphatic heterocycles. The Kier molecular flexibility index (Phi) is 5.82. The summed E-state index contributed by atoms with van der Waals surface area (Å²) in [6.07, 6.45) is 1.96. The summed E-state index contributed by atoms with van der Waals surface area (Å²) in [6, 6.07) is 8.00. The fourth-order valence-corrected chi connectivity index (χ4v) is 3.46. The van der Waals surface area contributed by atoms with Crippen LogP contribution in [0.15, 0.2) is 24.3 Å². The minimum absolute atomic E-state index is 0.0854. The lowest BCUT2D eigenvalue weighted by Gasteiger charge is -2.13. The van der Waals surface area contributed by atoms with Gasteiger partial charge in [-0.15, -0.1) is 0 Å². The smallest absolute Gasteiger partial charge is 0.150 e. The van der Waals surface area contributed by atoms with Crippen molar-refractivity contribution in [3.63, 3.8) is 0 Å². The van der Waals surface area contributed by atoms with Crippen LogP contribution in [0.3, 0.4) is 0 Å². The normalized spacial score (nSPS) is 13.5. The first kappa shape index (κ1) is 15.2. The Morgan fingerprint density at radius 3 is 2.50 bits per heavy atom. The number of benzene rings is 1. The lowest BCUT2D eigenvalue weighted by molar-refractivity contribution is 0.579. The molecule has 0 amide bonds. The second kappa shape index (κ2) is 6.90. The molecule has 18 heavy (non-hydrogen) atoms. The second-order valence-electron chi connectivity index (χ2n) is 4.83. The zero-order valence-corrected chi connectivity index (χ0v) is 12.0. The maximum absolute atomic E-state index is 11.6. The molecule has 0 spiro atoms. The summed E-state index contributed by atoms with van der Waals surface area (Å²) in [4.78, 5) is 0. The van der Waals surface area contributed by atoms with Gasteiger partial charge in [-0.25, -0.2) is 8.42 Å². The highest BCUT2D eigenvalue weighted by molar-refractivity contribution is 7.91. The molecule has 0 heterocycles. The van der Waals surface area contributed by atoms with Crippen LogP contribution in [0.2, 0.25) is 0 Å². The van der Waals surface area contributed by atoms with Gasteiger partial charge in [0.15, 0.2) is 0 Å². The van der Waals surface area contributed by atoms with Gasteiger partial charge in [0.1, 0.15) is 9.84 Å². The molecule has 0 radical (unpaired) electrons. The van der Waals surface area contributed by atoms with Gasteiger partial charge in [-0.3, -0.25) is 0 Å². The third kappa shape index (κ3) is 5.19. The molecule has 102 valence electrons. The number of nitrogens with two attached hydrogens (primary N) is 1. The van der Waals surface area contributed by atoms with Gasteiger partial charge in [-0.05, 0) is 37.3 Å². The highest BCUT2D eigenvalue weighted by atomic mass is 32.2. The van der Waals surface area contributed by atoms with Crippen molar-refractivity contribution in [1.82, 2.24) is 0 Å².